The van der Waals surface area contributed by atoms with E-state index in [0.29, 0.717) is 26.0 Å². The van der Waals surface area contributed by atoms with Gasteiger partial charge in [0.15, 0.2) is 5.69 Å². The Morgan fingerprint density at radius 1 is 1.19 bits per heavy atom. The van der Waals surface area contributed by atoms with Crippen LogP contribution in [0.5, 0.6) is 5.88 Å². The van der Waals surface area contributed by atoms with Gasteiger partial charge in [-0.2, -0.15) is 0 Å². The zero-order valence-corrected chi connectivity index (χ0v) is 17.4. The molecule has 2 aromatic carbocycles. The van der Waals surface area contributed by atoms with Gasteiger partial charge in [0.2, 0.25) is 5.88 Å². The highest BCUT2D eigenvalue weighted by molar-refractivity contribution is 9.11. The molecule has 0 radical (unpaired) electrons. The lowest BCUT2D eigenvalue weighted by Gasteiger charge is -2.02. The highest BCUT2D eigenvalue weighted by Crippen LogP contribution is 2.40. The summed E-state index contributed by atoms with van der Waals surface area (Å²) < 4.78 is 1.48. The van der Waals surface area contributed by atoms with E-state index >= 15 is 0 Å². The van der Waals surface area contributed by atoms with E-state index < -0.39 is 11.8 Å². The maximum atomic E-state index is 12.0. The molecule has 10 heteroatoms. The first-order valence-corrected chi connectivity index (χ1v) is 9.49. The van der Waals surface area contributed by atoms with E-state index in [1.165, 1.54) is 0 Å². The molecule has 0 atom stereocenters. The van der Waals surface area contributed by atoms with E-state index in [9.17, 15) is 14.7 Å². The lowest BCUT2D eigenvalue weighted by atomic mass is 10.2. The van der Waals surface area contributed by atoms with Gasteiger partial charge in [-0.3, -0.25) is 9.59 Å². The van der Waals surface area contributed by atoms with Crippen LogP contribution in [0.15, 0.2) is 55.6 Å². The molecule has 0 fully saturated rings. The molecule has 0 aliphatic rings. The molecular weight excluding hydrogens is 503 g/mol. The van der Waals surface area contributed by atoms with Crippen LogP contribution in [-0.4, -0.2) is 28.4 Å². The van der Waals surface area contributed by atoms with Gasteiger partial charge in [0.25, 0.3) is 11.8 Å². The molecule has 0 spiro atoms. The van der Waals surface area contributed by atoms with Crippen molar-refractivity contribution in [3.05, 3.63) is 55.9 Å². The Kier molecular flexibility index (Phi) is 5.93. The number of azo groups is 1. The molecule has 0 saturated carbocycles. The van der Waals surface area contributed by atoms with Crippen molar-refractivity contribution in [1.29, 1.82) is 0 Å². The third-order valence-corrected chi connectivity index (χ3v) is 4.88. The summed E-state index contributed by atoms with van der Waals surface area (Å²) in [6.07, 6.45) is 0. The fourth-order valence-electron chi connectivity index (χ4n) is 2.29. The Bertz CT molecular complexity index is 1060. The molecule has 138 valence electrons. The fraction of sp³-hybridized carbons (Fsp3) is 0.0588. The van der Waals surface area contributed by atoms with E-state index in [-0.39, 0.29) is 18.1 Å². The Hall–Kier alpha value is -2.23. The van der Waals surface area contributed by atoms with E-state index in [0.717, 1.165) is 4.47 Å². The Morgan fingerprint density at radius 3 is 2.59 bits per heavy atom. The van der Waals surface area contributed by atoms with E-state index in [4.69, 9.17) is 11.6 Å². The molecular formula is C17H11Br2ClN4O3. The number of nitrogens with zero attached hydrogens (tertiary/aromatic N) is 2. The molecule has 0 bridgehead atoms. The number of hydrogen-bond acceptors (Lipinski definition) is 4. The molecule has 0 saturated heterocycles. The van der Waals surface area contributed by atoms with Gasteiger partial charge in [0.05, 0.1) is 5.52 Å². The van der Waals surface area contributed by atoms with Gasteiger partial charge in [0, 0.05) is 24.9 Å². The number of aromatic hydroxyl groups is 1. The topological polar surface area (TPSA) is 107 Å². The number of nitrogens with one attached hydrogen (secondary N) is 2. The summed E-state index contributed by atoms with van der Waals surface area (Å²) in [5, 5.41) is 20.9. The Balaban J connectivity index is 1.70. The summed E-state index contributed by atoms with van der Waals surface area (Å²) in [6.45, 7) is -0.332. The second-order valence-electron chi connectivity index (χ2n) is 5.42. The van der Waals surface area contributed by atoms with Gasteiger partial charge in [0.1, 0.15) is 6.54 Å². The standard InChI is InChI=1S/C17H11Br2ClN4O3/c18-9-5-11-14(12(19)6-9)22-17(27)15(11)24-23-13(25)7-21-16(26)8-1-3-10(20)4-2-8/h1-6,22,27H,7H2,(H,21,26). The highest BCUT2D eigenvalue weighted by atomic mass is 79.9. The monoisotopic (exact) mass is 512 g/mol. The molecule has 27 heavy (non-hydrogen) atoms. The minimum Gasteiger partial charge on any atom is -0.493 e. The van der Waals surface area contributed by atoms with Crippen molar-refractivity contribution in [3.8, 4) is 5.88 Å². The first kappa shape index (κ1) is 19.5. The Labute approximate surface area is 175 Å². The number of hydrogen-bond donors (Lipinski definition) is 3. The number of aromatic nitrogens is 1. The van der Waals surface area contributed by atoms with E-state index in [1.54, 1.807) is 36.4 Å². The van der Waals surface area contributed by atoms with Crippen molar-refractivity contribution < 1.29 is 14.7 Å². The van der Waals surface area contributed by atoms with Crippen LogP contribution in [0.2, 0.25) is 5.02 Å². The zero-order chi connectivity index (χ0) is 19.6. The van der Waals surface area contributed by atoms with Crippen molar-refractivity contribution in [1.82, 2.24) is 10.3 Å². The van der Waals surface area contributed by atoms with E-state index in [1.807, 2.05) is 0 Å². The largest absolute Gasteiger partial charge is 0.493 e. The van der Waals surface area contributed by atoms with Gasteiger partial charge >= 0.3 is 0 Å². The van der Waals surface area contributed by atoms with E-state index in [2.05, 4.69) is 52.4 Å². The van der Waals surface area contributed by atoms with Crippen LogP contribution in [0.4, 0.5) is 5.69 Å². The maximum absolute atomic E-state index is 12.0. The normalized spacial score (nSPS) is 11.2. The predicted molar refractivity (Wildman–Crippen MR) is 109 cm³/mol. The number of carbonyl (C=O) groups excluding carboxylic acids is 2. The minimum atomic E-state index is -0.667. The molecule has 7 nitrogen and oxygen atoms in total. The SMILES string of the molecule is O=C(CNC(=O)c1ccc(Cl)cc1)N=Nc1c(O)[nH]c2c(Br)cc(Br)cc12. The Morgan fingerprint density at radius 2 is 1.89 bits per heavy atom. The number of carbonyl (C=O) groups is 2. The molecule has 3 N–H and O–H groups in total. The van der Waals surface area contributed by atoms with Gasteiger partial charge in [-0.05, 0) is 52.3 Å². The van der Waals surface area contributed by atoms with Crippen LogP contribution in [0.3, 0.4) is 0 Å². The maximum Gasteiger partial charge on any atom is 0.283 e. The first-order chi connectivity index (χ1) is 12.8. The van der Waals surface area contributed by atoms with Crippen LogP contribution in [0.1, 0.15) is 10.4 Å². The summed E-state index contributed by atoms with van der Waals surface area (Å²) in [7, 11) is 0. The lowest BCUT2D eigenvalue weighted by molar-refractivity contribution is -0.117. The van der Waals surface area contributed by atoms with Crippen LogP contribution in [0.25, 0.3) is 10.9 Å². The molecule has 1 aromatic heterocycles. The lowest BCUT2D eigenvalue weighted by Crippen LogP contribution is -2.28. The number of fused-ring (bicyclic) bond motifs is 1. The average Bonchev–Trinajstić information content (AvgIpc) is 2.94. The van der Waals surface area contributed by atoms with Crippen LogP contribution < -0.4 is 5.32 Å². The molecule has 0 aliphatic heterocycles. The zero-order valence-electron chi connectivity index (χ0n) is 13.5. The van der Waals surface area contributed by atoms with Crippen LogP contribution in [-0.2, 0) is 4.79 Å². The van der Waals surface area contributed by atoms with Crippen molar-refractivity contribution in [2.24, 2.45) is 10.2 Å². The fourth-order valence-corrected chi connectivity index (χ4v) is 3.74. The number of benzene rings is 2. The van der Waals surface area contributed by atoms with Gasteiger partial charge in [-0.1, -0.05) is 27.5 Å². The predicted octanol–water partition coefficient (Wildman–Crippen LogP) is 5.09. The number of aromatic amines is 1. The summed E-state index contributed by atoms with van der Waals surface area (Å²) in [5.41, 5.74) is 1.12. The summed E-state index contributed by atoms with van der Waals surface area (Å²) in [4.78, 5) is 26.6. The van der Waals surface area contributed by atoms with Crippen LogP contribution in [0, 0.1) is 0 Å². The number of amides is 2. The second kappa shape index (κ2) is 8.20. The molecule has 1 heterocycles. The smallest absolute Gasteiger partial charge is 0.283 e. The van der Waals surface area contributed by atoms with Crippen molar-refractivity contribution in [3.63, 3.8) is 0 Å². The molecule has 3 aromatic rings. The minimum absolute atomic E-state index is 0.129. The third-order valence-electron chi connectivity index (χ3n) is 3.55. The van der Waals surface area contributed by atoms with Crippen molar-refractivity contribution in [2.75, 3.05) is 6.54 Å². The summed E-state index contributed by atoms with van der Waals surface area (Å²) in [6, 6.07) is 9.78. The van der Waals surface area contributed by atoms with Crippen molar-refractivity contribution in [2.45, 2.75) is 0 Å². The molecule has 3 rings (SSSR count). The number of H-pyrrole nitrogens is 1. The van der Waals surface area contributed by atoms with Gasteiger partial charge < -0.3 is 15.4 Å². The number of halogens is 3. The van der Waals surface area contributed by atoms with Crippen LogP contribution >= 0.6 is 43.5 Å². The third kappa shape index (κ3) is 4.55. The number of rotatable bonds is 4. The van der Waals surface area contributed by atoms with Gasteiger partial charge in [-0.15, -0.1) is 10.2 Å². The first-order valence-electron chi connectivity index (χ1n) is 7.53. The summed E-state index contributed by atoms with van der Waals surface area (Å²) in [5.74, 6) is -1.32. The quantitative estimate of drug-likeness (QED) is 0.422. The summed E-state index contributed by atoms with van der Waals surface area (Å²) >= 11 is 12.5. The molecule has 0 unspecified atom stereocenters. The molecule has 2 amide bonds. The average molecular weight is 515 g/mol. The second-order valence-corrected chi connectivity index (χ2v) is 7.62. The highest BCUT2D eigenvalue weighted by Gasteiger charge is 2.14. The van der Waals surface area contributed by atoms with Crippen molar-refractivity contribution >= 4 is 71.9 Å². The van der Waals surface area contributed by atoms with Gasteiger partial charge in [-0.25, -0.2) is 0 Å². The molecule has 0 aliphatic carbocycles.